The first-order chi connectivity index (χ1) is 15.5. The summed E-state index contributed by atoms with van der Waals surface area (Å²) >= 11 is 7.16. The van der Waals surface area contributed by atoms with Crippen LogP contribution in [0.1, 0.15) is 40.5 Å². The number of aromatic nitrogens is 3. The van der Waals surface area contributed by atoms with E-state index in [1.165, 1.54) is 11.8 Å². The van der Waals surface area contributed by atoms with Crippen LogP contribution in [0.5, 0.6) is 5.88 Å². The molecule has 2 aromatic rings. The number of nitrogens with one attached hydrogen (secondary N) is 2. The summed E-state index contributed by atoms with van der Waals surface area (Å²) in [6.07, 6.45) is 2.48. The number of thioether (sulfide) groups is 1. The molecule has 180 valence electrons. The molecular weight excluding hydrogens is 473 g/mol. The van der Waals surface area contributed by atoms with Crippen molar-refractivity contribution >= 4 is 40.4 Å². The molecule has 9 nitrogen and oxygen atoms in total. The number of nitrogens with zero attached hydrogens (tertiary/aromatic N) is 3. The highest BCUT2D eigenvalue weighted by Gasteiger charge is 2.48. The third-order valence-electron chi connectivity index (χ3n) is 5.85. The van der Waals surface area contributed by atoms with Gasteiger partial charge in [-0.2, -0.15) is 4.98 Å². The Morgan fingerprint density at radius 1 is 1.33 bits per heavy atom. The minimum absolute atomic E-state index is 0.0459. The Morgan fingerprint density at radius 2 is 2.06 bits per heavy atom. The van der Waals surface area contributed by atoms with Gasteiger partial charge in [0, 0.05) is 12.6 Å². The van der Waals surface area contributed by atoms with E-state index in [4.69, 9.17) is 21.1 Å². The molecule has 2 aliphatic heterocycles. The van der Waals surface area contributed by atoms with E-state index >= 15 is 0 Å². The van der Waals surface area contributed by atoms with Gasteiger partial charge in [0.05, 0.1) is 12.1 Å². The Balaban J connectivity index is 1.63. The summed E-state index contributed by atoms with van der Waals surface area (Å²) in [6.45, 7) is 7.90. The van der Waals surface area contributed by atoms with Crippen LogP contribution < -0.4 is 15.6 Å². The van der Waals surface area contributed by atoms with E-state index in [0.29, 0.717) is 6.54 Å². The lowest BCUT2D eigenvalue weighted by atomic mass is 10.0. The van der Waals surface area contributed by atoms with Gasteiger partial charge in [0.2, 0.25) is 5.88 Å². The lowest BCUT2D eigenvalue weighted by Gasteiger charge is -2.42. The van der Waals surface area contributed by atoms with Crippen molar-refractivity contribution < 1.29 is 18.7 Å². The van der Waals surface area contributed by atoms with Gasteiger partial charge < -0.3 is 19.8 Å². The molecule has 0 unspecified atom stereocenters. The number of halogens is 2. The molecule has 0 aliphatic carbocycles. The maximum absolute atomic E-state index is 14.6. The maximum atomic E-state index is 14.6. The molecule has 33 heavy (non-hydrogen) atoms. The summed E-state index contributed by atoms with van der Waals surface area (Å²) in [5, 5.41) is 3.16. The van der Waals surface area contributed by atoms with Crippen LogP contribution in [0.2, 0.25) is 5.15 Å². The van der Waals surface area contributed by atoms with E-state index in [-0.39, 0.29) is 46.2 Å². The summed E-state index contributed by atoms with van der Waals surface area (Å²) in [5.41, 5.74) is -1.36. The Labute approximate surface area is 199 Å². The van der Waals surface area contributed by atoms with Crippen LogP contribution in [0.25, 0.3) is 10.9 Å². The van der Waals surface area contributed by atoms with Gasteiger partial charge in [0.25, 0.3) is 5.56 Å². The Bertz CT molecular complexity index is 1140. The zero-order valence-electron chi connectivity index (χ0n) is 19.1. The lowest BCUT2D eigenvalue weighted by molar-refractivity contribution is -0.00492. The van der Waals surface area contributed by atoms with Crippen LogP contribution in [0.15, 0.2) is 9.95 Å². The van der Waals surface area contributed by atoms with E-state index in [9.17, 15) is 14.0 Å². The first kappa shape index (κ1) is 24.0. The van der Waals surface area contributed by atoms with Gasteiger partial charge in [-0.15, -0.1) is 0 Å². The summed E-state index contributed by atoms with van der Waals surface area (Å²) in [7, 11) is 0. The number of carbonyl (C=O) groups is 1. The highest BCUT2D eigenvalue weighted by molar-refractivity contribution is 7.98. The lowest BCUT2D eigenvalue weighted by Crippen LogP contribution is -2.64. The predicted octanol–water partition coefficient (Wildman–Crippen LogP) is 3.34. The van der Waals surface area contributed by atoms with Crippen LogP contribution in [0.4, 0.5) is 9.18 Å². The van der Waals surface area contributed by atoms with Crippen molar-refractivity contribution in [3.8, 4) is 5.88 Å². The van der Waals surface area contributed by atoms with Crippen molar-refractivity contribution in [1.29, 1.82) is 0 Å². The highest BCUT2D eigenvalue weighted by atomic mass is 35.5. The molecule has 4 rings (SSSR count). The average Bonchev–Trinajstić information content (AvgIpc) is 3.03. The normalized spacial score (nSPS) is 23.6. The van der Waals surface area contributed by atoms with E-state index in [1.807, 2.05) is 27.7 Å². The SMILES string of the molecule is CSc1nc2c(F)c(Cl)nc(O[C@@H](C)[C@H]3NC[C@H]4CC[C@@H]3N4C(=O)OC(C)(C)C)c2c(=O)[nH]1. The van der Waals surface area contributed by atoms with Gasteiger partial charge in [-0.25, -0.2) is 14.2 Å². The molecule has 2 fully saturated rings. The number of fused-ring (bicyclic) bond motifs is 3. The summed E-state index contributed by atoms with van der Waals surface area (Å²) < 4.78 is 26.3. The van der Waals surface area contributed by atoms with Gasteiger partial charge in [-0.1, -0.05) is 23.4 Å². The van der Waals surface area contributed by atoms with E-state index in [0.717, 1.165) is 12.8 Å². The number of carbonyl (C=O) groups excluding carboxylic acids is 1. The number of aromatic amines is 1. The van der Waals surface area contributed by atoms with Crippen molar-refractivity contribution in [2.24, 2.45) is 0 Å². The summed E-state index contributed by atoms with van der Waals surface area (Å²) in [5.74, 6) is -0.977. The van der Waals surface area contributed by atoms with E-state index in [2.05, 4.69) is 20.3 Å². The third kappa shape index (κ3) is 4.63. The Morgan fingerprint density at radius 3 is 2.73 bits per heavy atom. The number of H-pyrrole nitrogens is 1. The molecule has 4 atom stereocenters. The van der Waals surface area contributed by atoms with Crippen molar-refractivity contribution in [3.63, 3.8) is 0 Å². The highest BCUT2D eigenvalue weighted by Crippen LogP contribution is 2.34. The van der Waals surface area contributed by atoms with Gasteiger partial charge in [-0.05, 0) is 46.8 Å². The number of pyridine rings is 1. The molecule has 12 heteroatoms. The van der Waals surface area contributed by atoms with Gasteiger partial charge in [0.1, 0.15) is 22.6 Å². The van der Waals surface area contributed by atoms with E-state index < -0.39 is 28.2 Å². The van der Waals surface area contributed by atoms with Crippen molar-refractivity contribution in [2.75, 3.05) is 12.8 Å². The largest absolute Gasteiger partial charge is 0.472 e. The van der Waals surface area contributed by atoms with Crippen molar-refractivity contribution in [1.82, 2.24) is 25.2 Å². The molecule has 2 aromatic heterocycles. The second kappa shape index (κ2) is 8.92. The molecule has 2 aliphatic rings. The number of piperazine rings is 1. The first-order valence-corrected chi connectivity index (χ1v) is 12.3. The minimum Gasteiger partial charge on any atom is -0.472 e. The minimum atomic E-state index is -0.876. The second-order valence-electron chi connectivity index (χ2n) is 9.26. The molecular formula is C21H27ClFN5O4S. The second-order valence-corrected chi connectivity index (χ2v) is 10.4. The molecule has 2 N–H and O–H groups in total. The van der Waals surface area contributed by atoms with Crippen LogP contribution in [-0.4, -0.2) is 68.6 Å². The fourth-order valence-electron chi connectivity index (χ4n) is 4.48. The van der Waals surface area contributed by atoms with Crippen LogP contribution in [-0.2, 0) is 4.74 Å². The van der Waals surface area contributed by atoms with Crippen LogP contribution >= 0.6 is 23.4 Å². The van der Waals surface area contributed by atoms with Gasteiger partial charge in [0.15, 0.2) is 16.1 Å². The molecule has 1 amide bonds. The molecule has 2 saturated heterocycles. The number of amides is 1. The topological polar surface area (TPSA) is 109 Å². The summed E-state index contributed by atoms with van der Waals surface area (Å²) in [6, 6.07) is -0.366. The molecule has 2 bridgehead atoms. The quantitative estimate of drug-likeness (QED) is 0.374. The number of hydrogen-bond acceptors (Lipinski definition) is 8. The standard InChI is InChI=1S/C21H27ClFN5O4S/c1-9(14-11-7-6-10(8-24-14)28(11)20(30)32-21(2,3)4)31-18-12-15(13(23)16(22)26-18)25-19(33-5)27-17(12)29/h9-11,14,24H,6-8H2,1-5H3,(H,25,27,29)/t9-,10+,11-,14+/m0/s1. The van der Waals surface area contributed by atoms with Crippen LogP contribution in [0.3, 0.4) is 0 Å². The zero-order chi connectivity index (χ0) is 24.1. The van der Waals surface area contributed by atoms with Gasteiger partial charge in [-0.3, -0.25) is 9.69 Å². The van der Waals surface area contributed by atoms with Crippen molar-refractivity contribution in [2.45, 2.75) is 75.5 Å². The fraction of sp³-hybridized carbons (Fsp3) is 0.619. The molecule has 0 aromatic carbocycles. The summed E-state index contributed by atoms with van der Waals surface area (Å²) in [4.78, 5) is 38.1. The third-order valence-corrected chi connectivity index (χ3v) is 6.68. The molecule has 0 saturated carbocycles. The average molecular weight is 500 g/mol. The van der Waals surface area contributed by atoms with E-state index in [1.54, 1.807) is 11.2 Å². The number of ether oxygens (including phenoxy) is 2. The maximum Gasteiger partial charge on any atom is 0.410 e. The Hall–Kier alpha value is -2.11. The molecule has 0 spiro atoms. The Kier molecular flexibility index (Phi) is 6.49. The number of rotatable bonds is 4. The first-order valence-electron chi connectivity index (χ1n) is 10.7. The predicted molar refractivity (Wildman–Crippen MR) is 124 cm³/mol. The smallest absolute Gasteiger partial charge is 0.410 e. The van der Waals surface area contributed by atoms with Gasteiger partial charge >= 0.3 is 6.09 Å². The fourth-order valence-corrected chi connectivity index (χ4v) is 5.03. The van der Waals surface area contributed by atoms with Crippen molar-refractivity contribution in [3.05, 3.63) is 21.3 Å². The van der Waals surface area contributed by atoms with Crippen LogP contribution in [0, 0.1) is 5.82 Å². The monoisotopic (exact) mass is 499 g/mol. The molecule has 0 radical (unpaired) electrons. The zero-order valence-corrected chi connectivity index (χ0v) is 20.6. The number of hydrogen-bond donors (Lipinski definition) is 2. The molecule has 4 heterocycles.